The van der Waals surface area contributed by atoms with Gasteiger partial charge in [-0.3, -0.25) is 0 Å². The molecule has 1 aromatic rings. The molecule has 3 heteroatoms. The van der Waals surface area contributed by atoms with Crippen LogP contribution in [0, 0.1) is 5.92 Å². The van der Waals surface area contributed by atoms with Crippen molar-refractivity contribution in [1.82, 2.24) is 4.98 Å². The van der Waals surface area contributed by atoms with Crippen LogP contribution in [0.3, 0.4) is 0 Å². The van der Waals surface area contributed by atoms with Crippen LogP contribution in [-0.4, -0.2) is 22.7 Å². The Morgan fingerprint density at radius 2 is 2.05 bits per heavy atom. The van der Waals surface area contributed by atoms with Crippen LogP contribution in [0.15, 0.2) is 18.3 Å². The second kappa shape index (κ2) is 5.49. The molecular formula is C16H24N2O. The molecule has 0 aromatic carbocycles. The highest BCUT2D eigenvalue weighted by atomic mass is 16.3. The van der Waals surface area contributed by atoms with Crippen LogP contribution in [0.2, 0.25) is 0 Å². The minimum Gasteiger partial charge on any atom is -0.389 e. The molecule has 2 aliphatic rings. The number of anilines is 1. The monoisotopic (exact) mass is 260 g/mol. The predicted octanol–water partition coefficient (Wildman–Crippen LogP) is 3.29. The Morgan fingerprint density at radius 1 is 1.26 bits per heavy atom. The van der Waals surface area contributed by atoms with E-state index >= 15 is 0 Å². The van der Waals surface area contributed by atoms with Gasteiger partial charge in [-0.05, 0) is 44.6 Å². The molecule has 0 spiro atoms. The lowest BCUT2D eigenvalue weighted by Gasteiger charge is -2.45. The number of hydrogen-bond acceptors (Lipinski definition) is 3. The first-order valence-electron chi connectivity index (χ1n) is 7.67. The van der Waals surface area contributed by atoms with Gasteiger partial charge in [0.25, 0.3) is 0 Å². The molecule has 1 aliphatic heterocycles. The third-order valence-corrected chi connectivity index (χ3v) is 4.78. The Morgan fingerprint density at radius 3 is 2.89 bits per heavy atom. The summed E-state index contributed by atoms with van der Waals surface area (Å²) in [5.41, 5.74) is 0.980. The summed E-state index contributed by atoms with van der Waals surface area (Å²) in [5, 5.41) is 9.96. The Hall–Kier alpha value is -1.09. The number of fused-ring (bicyclic) bond motifs is 1. The molecule has 3 nitrogen and oxygen atoms in total. The zero-order chi connectivity index (χ0) is 13.2. The topological polar surface area (TPSA) is 36.4 Å². The van der Waals surface area contributed by atoms with Gasteiger partial charge >= 0.3 is 0 Å². The molecule has 1 saturated carbocycles. The van der Waals surface area contributed by atoms with Crippen LogP contribution in [0.25, 0.3) is 0 Å². The van der Waals surface area contributed by atoms with Gasteiger partial charge in [-0.15, -0.1) is 0 Å². The van der Waals surface area contributed by atoms with Gasteiger partial charge < -0.3 is 10.0 Å². The Balaban J connectivity index is 1.91. The maximum atomic E-state index is 9.96. The number of pyridine rings is 1. The van der Waals surface area contributed by atoms with E-state index in [1.807, 2.05) is 25.3 Å². The molecule has 1 aromatic heterocycles. The lowest BCUT2D eigenvalue weighted by Crippen LogP contribution is -2.47. The highest BCUT2D eigenvalue weighted by Crippen LogP contribution is 2.38. The lowest BCUT2D eigenvalue weighted by molar-refractivity contribution is 0.197. The summed E-state index contributed by atoms with van der Waals surface area (Å²) in [6.07, 6.45) is 9.45. The average molecular weight is 260 g/mol. The van der Waals surface area contributed by atoms with Crippen LogP contribution in [-0.2, 0) is 0 Å². The van der Waals surface area contributed by atoms with Crippen LogP contribution in [0.4, 0.5) is 5.82 Å². The SMILES string of the molecule is C[C@H](O)c1cccnc1N1CCC[C@H]2CCCC[C@H]21. The Kier molecular flexibility index (Phi) is 3.74. The lowest BCUT2D eigenvalue weighted by atomic mass is 9.78. The summed E-state index contributed by atoms with van der Waals surface area (Å²) in [4.78, 5) is 7.06. The molecule has 0 unspecified atom stereocenters. The van der Waals surface area contributed by atoms with Crippen molar-refractivity contribution in [3.63, 3.8) is 0 Å². The zero-order valence-electron chi connectivity index (χ0n) is 11.8. The van der Waals surface area contributed by atoms with Crippen LogP contribution in [0.1, 0.15) is 57.1 Å². The van der Waals surface area contributed by atoms with Gasteiger partial charge in [-0.1, -0.05) is 18.9 Å². The summed E-state index contributed by atoms with van der Waals surface area (Å²) in [7, 11) is 0. The Bertz CT molecular complexity index is 431. The van der Waals surface area contributed by atoms with Crippen molar-refractivity contribution in [2.45, 2.75) is 57.6 Å². The fourth-order valence-corrected chi connectivity index (χ4v) is 3.86. The first-order valence-corrected chi connectivity index (χ1v) is 7.67. The van der Waals surface area contributed by atoms with Crippen molar-refractivity contribution in [2.24, 2.45) is 5.92 Å². The van der Waals surface area contributed by atoms with Gasteiger partial charge in [0.1, 0.15) is 5.82 Å². The maximum Gasteiger partial charge on any atom is 0.134 e. The summed E-state index contributed by atoms with van der Waals surface area (Å²) in [5.74, 6) is 1.86. The second-order valence-electron chi connectivity index (χ2n) is 6.04. The molecule has 1 saturated heterocycles. The first-order chi connectivity index (χ1) is 9.27. The molecule has 3 atom stereocenters. The third-order valence-electron chi connectivity index (χ3n) is 4.78. The molecule has 2 heterocycles. The van der Waals surface area contributed by atoms with Gasteiger partial charge in [0.05, 0.1) is 6.10 Å². The van der Waals surface area contributed by atoms with Gasteiger partial charge in [0.2, 0.25) is 0 Å². The number of piperidine rings is 1. The van der Waals surface area contributed by atoms with Crippen molar-refractivity contribution >= 4 is 5.82 Å². The van der Waals surface area contributed by atoms with Crippen molar-refractivity contribution in [3.05, 3.63) is 23.9 Å². The number of rotatable bonds is 2. The normalized spacial score (nSPS) is 28.8. The van der Waals surface area contributed by atoms with E-state index in [1.165, 1.54) is 38.5 Å². The van der Waals surface area contributed by atoms with E-state index in [-0.39, 0.29) is 0 Å². The zero-order valence-corrected chi connectivity index (χ0v) is 11.8. The number of aliphatic hydroxyl groups is 1. The molecule has 1 aliphatic carbocycles. The van der Waals surface area contributed by atoms with Gasteiger partial charge in [0, 0.05) is 24.3 Å². The highest BCUT2D eigenvalue weighted by molar-refractivity contribution is 5.49. The van der Waals surface area contributed by atoms with Gasteiger partial charge in [-0.2, -0.15) is 0 Å². The van der Waals surface area contributed by atoms with Crippen molar-refractivity contribution in [1.29, 1.82) is 0 Å². The number of aromatic nitrogens is 1. The minimum atomic E-state index is -0.437. The molecule has 19 heavy (non-hydrogen) atoms. The molecule has 104 valence electrons. The largest absolute Gasteiger partial charge is 0.389 e. The number of aliphatic hydroxyl groups excluding tert-OH is 1. The van der Waals surface area contributed by atoms with E-state index in [1.54, 1.807) is 0 Å². The smallest absolute Gasteiger partial charge is 0.134 e. The van der Waals surface area contributed by atoms with Gasteiger partial charge in [0.15, 0.2) is 0 Å². The van der Waals surface area contributed by atoms with E-state index in [9.17, 15) is 5.11 Å². The quantitative estimate of drug-likeness (QED) is 0.886. The van der Waals surface area contributed by atoms with Crippen LogP contribution >= 0.6 is 0 Å². The number of hydrogen-bond donors (Lipinski definition) is 1. The maximum absolute atomic E-state index is 9.96. The summed E-state index contributed by atoms with van der Waals surface area (Å²) in [6.45, 7) is 2.93. The fourth-order valence-electron chi connectivity index (χ4n) is 3.86. The first kappa shape index (κ1) is 12.9. The standard InChI is InChI=1S/C16H24N2O/c1-12(19)14-8-4-10-17-16(14)18-11-5-7-13-6-2-3-9-15(13)18/h4,8,10,12-13,15,19H,2-3,5-7,9,11H2,1H3/t12-,13+,15+/m0/s1. The van der Waals surface area contributed by atoms with E-state index in [4.69, 9.17) is 0 Å². The molecular weight excluding hydrogens is 236 g/mol. The number of nitrogens with zero attached hydrogens (tertiary/aromatic N) is 2. The van der Waals surface area contributed by atoms with Crippen molar-refractivity contribution in [2.75, 3.05) is 11.4 Å². The van der Waals surface area contributed by atoms with E-state index in [2.05, 4.69) is 9.88 Å². The molecule has 0 bridgehead atoms. The van der Waals surface area contributed by atoms with Crippen molar-refractivity contribution in [3.8, 4) is 0 Å². The summed E-state index contributed by atoms with van der Waals surface area (Å²) < 4.78 is 0. The highest BCUT2D eigenvalue weighted by Gasteiger charge is 2.34. The Labute approximate surface area is 115 Å². The molecule has 0 radical (unpaired) electrons. The summed E-state index contributed by atoms with van der Waals surface area (Å²) in [6, 6.07) is 4.59. The van der Waals surface area contributed by atoms with Crippen LogP contribution < -0.4 is 4.90 Å². The van der Waals surface area contributed by atoms with E-state index in [0.717, 1.165) is 23.8 Å². The molecule has 1 N–H and O–H groups in total. The van der Waals surface area contributed by atoms with E-state index in [0.29, 0.717) is 6.04 Å². The summed E-state index contributed by atoms with van der Waals surface area (Å²) >= 11 is 0. The predicted molar refractivity (Wildman–Crippen MR) is 77.2 cm³/mol. The average Bonchev–Trinajstić information content (AvgIpc) is 2.46. The van der Waals surface area contributed by atoms with E-state index < -0.39 is 6.10 Å². The molecule has 3 rings (SSSR count). The fraction of sp³-hybridized carbons (Fsp3) is 0.688. The molecule has 2 fully saturated rings. The van der Waals surface area contributed by atoms with Crippen LogP contribution in [0.5, 0.6) is 0 Å². The van der Waals surface area contributed by atoms with Gasteiger partial charge in [-0.25, -0.2) is 4.98 Å². The molecule has 0 amide bonds. The second-order valence-corrected chi connectivity index (χ2v) is 6.04. The minimum absolute atomic E-state index is 0.437. The third kappa shape index (κ3) is 2.48. The van der Waals surface area contributed by atoms with Crippen molar-refractivity contribution < 1.29 is 5.11 Å².